The van der Waals surface area contributed by atoms with E-state index in [4.69, 9.17) is 5.73 Å². The van der Waals surface area contributed by atoms with E-state index in [2.05, 4.69) is 15.3 Å². The number of amides is 1. The molecule has 2 aromatic heterocycles. The van der Waals surface area contributed by atoms with Gasteiger partial charge in [-0.2, -0.15) is 0 Å². The van der Waals surface area contributed by atoms with Gasteiger partial charge in [-0.15, -0.1) is 0 Å². The lowest BCUT2D eigenvalue weighted by molar-refractivity contribution is 0.0952. The number of nitrogens with one attached hydrogen (secondary N) is 3. The summed E-state index contributed by atoms with van der Waals surface area (Å²) in [6.45, 7) is 0.284. The molecule has 0 fully saturated rings. The highest BCUT2D eigenvalue weighted by Gasteiger charge is 2.12. The Balaban J connectivity index is 1.82. The van der Waals surface area contributed by atoms with Crippen molar-refractivity contribution in [2.75, 3.05) is 5.73 Å². The van der Waals surface area contributed by atoms with Crippen LogP contribution >= 0.6 is 11.3 Å². The molecule has 6 nitrogen and oxygen atoms in total. The number of aromatic nitrogens is 2. The summed E-state index contributed by atoms with van der Waals surface area (Å²) < 4.78 is 0. The number of H-pyrrole nitrogens is 2. The normalized spacial score (nSPS) is 10.8. The second-order valence-corrected chi connectivity index (χ2v) is 5.21. The molecule has 0 aliphatic heterocycles. The maximum absolute atomic E-state index is 12.2. The van der Waals surface area contributed by atoms with Crippen LogP contribution in [0.25, 0.3) is 10.9 Å². The molecule has 102 valence electrons. The second-order valence-electron chi connectivity index (χ2n) is 4.36. The third kappa shape index (κ3) is 2.30. The van der Waals surface area contributed by atoms with Crippen molar-refractivity contribution in [2.45, 2.75) is 6.54 Å². The average molecular weight is 288 g/mol. The molecule has 0 unspecified atom stereocenters. The summed E-state index contributed by atoms with van der Waals surface area (Å²) in [4.78, 5) is 28.7. The summed E-state index contributed by atoms with van der Waals surface area (Å²) in [6, 6.07) is 5.36. The number of thiazole rings is 1. The Morgan fingerprint density at radius 3 is 3.00 bits per heavy atom. The standard InChI is InChI=1S/C13H12N4O2S/c14-7-1-2-11-9(3-7)10(5-15-11)12(18)16-4-8-6-20-13(19)17-8/h1-3,5-6,15H,4,14H2,(H,16,18)(H,17,19). The molecule has 1 aromatic carbocycles. The fraction of sp³-hybridized carbons (Fsp3) is 0.0769. The third-order valence-corrected chi connectivity index (χ3v) is 3.68. The van der Waals surface area contributed by atoms with Crippen molar-refractivity contribution in [3.63, 3.8) is 0 Å². The van der Waals surface area contributed by atoms with E-state index in [0.717, 1.165) is 22.2 Å². The molecular formula is C13H12N4O2S. The van der Waals surface area contributed by atoms with Crippen LogP contribution in [-0.2, 0) is 6.54 Å². The Morgan fingerprint density at radius 2 is 2.25 bits per heavy atom. The molecule has 1 amide bonds. The Bertz CT molecular complexity index is 830. The van der Waals surface area contributed by atoms with E-state index >= 15 is 0 Å². The molecule has 0 saturated carbocycles. The number of carbonyl (C=O) groups excluding carboxylic acids is 1. The topological polar surface area (TPSA) is 104 Å². The van der Waals surface area contributed by atoms with E-state index in [1.807, 2.05) is 6.07 Å². The highest BCUT2D eigenvalue weighted by atomic mass is 32.1. The number of rotatable bonds is 3. The molecular weight excluding hydrogens is 276 g/mol. The molecule has 3 rings (SSSR count). The fourth-order valence-electron chi connectivity index (χ4n) is 2.00. The van der Waals surface area contributed by atoms with Gasteiger partial charge in [-0.1, -0.05) is 11.3 Å². The highest BCUT2D eigenvalue weighted by Crippen LogP contribution is 2.20. The van der Waals surface area contributed by atoms with Gasteiger partial charge in [0.25, 0.3) is 5.91 Å². The zero-order chi connectivity index (χ0) is 14.1. The van der Waals surface area contributed by atoms with Gasteiger partial charge in [0.1, 0.15) is 0 Å². The number of carbonyl (C=O) groups is 1. The predicted octanol–water partition coefficient (Wildman–Crippen LogP) is 1.43. The first-order chi connectivity index (χ1) is 9.63. The number of fused-ring (bicyclic) bond motifs is 1. The molecule has 0 saturated heterocycles. The Kier molecular flexibility index (Phi) is 3.03. The lowest BCUT2D eigenvalue weighted by Crippen LogP contribution is -2.23. The maximum atomic E-state index is 12.2. The van der Waals surface area contributed by atoms with Crippen LogP contribution in [0.1, 0.15) is 16.1 Å². The molecule has 7 heteroatoms. The summed E-state index contributed by atoms with van der Waals surface area (Å²) in [6.07, 6.45) is 1.65. The van der Waals surface area contributed by atoms with Crippen molar-refractivity contribution in [2.24, 2.45) is 0 Å². The number of anilines is 1. The summed E-state index contributed by atoms with van der Waals surface area (Å²) in [5, 5.41) is 5.23. The molecule has 3 aromatic rings. The minimum absolute atomic E-state index is 0.130. The van der Waals surface area contributed by atoms with Crippen LogP contribution < -0.4 is 15.9 Å². The van der Waals surface area contributed by atoms with Crippen molar-refractivity contribution in [1.82, 2.24) is 15.3 Å². The Labute approximate surface area is 117 Å². The van der Waals surface area contributed by atoms with Crippen LogP contribution in [0.15, 0.2) is 34.6 Å². The van der Waals surface area contributed by atoms with Gasteiger partial charge in [0.2, 0.25) is 0 Å². The van der Waals surface area contributed by atoms with Crippen LogP contribution in [0.2, 0.25) is 0 Å². The molecule has 0 atom stereocenters. The minimum Gasteiger partial charge on any atom is -0.399 e. The summed E-state index contributed by atoms with van der Waals surface area (Å²) in [5.41, 5.74) is 8.42. The van der Waals surface area contributed by atoms with Crippen molar-refractivity contribution >= 4 is 33.8 Å². The number of aromatic amines is 2. The number of benzene rings is 1. The molecule has 0 bridgehead atoms. The average Bonchev–Trinajstić information content (AvgIpc) is 3.02. The van der Waals surface area contributed by atoms with Gasteiger partial charge in [0.15, 0.2) is 0 Å². The first-order valence-electron chi connectivity index (χ1n) is 5.95. The first-order valence-corrected chi connectivity index (χ1v) is 6.83. The quantitative estimate of drug-likeness (QED) is 0.548. The maximum Gasteiger partial charge on any atom is 0.304 e. The number of nitrogen functional groups attached to an aromatic ring is 1. The van der Waals surface area contributed by atoms with Gasteiger partial charge in [0.05, 0.1) is 12.1 Å². The number of hydrogen-bond donors (Lipinski definition) is 4. The van der Waals surface area contributed by atoms with Crippen LogP contribution in [0, 0.1) is 0 Å². The molecule has 20 heavy (non-hydrogen) atoms. The van der Waals surface area contributed by atoms with E-state index in [1.165, 1.54) is 0 Å². The molecule has 2 heterocycles. The summed E-state index contributed by atoms with van der Waals surface area (Å²) in [5.74, 6) is -0.214. The SMILES string of the molecule is Nc1ccc2[nH]cc(C(=O)NCc3csc(=O)[nH]3)c2c1. The van der Waals surface area contributed by atoms with Gasteiger partial charge in [-0.05, 0) is 18.2 Å². The zero-order valence-corrected chi connectivity index (χ0v) is 11.2. The number of nitrogens with two attached hydrogens (primary N) is 1. The van der Waals surface area contributed by atoms with Gasteiger partial charge in [-0.3, -0.25) is 9.59 Å². The van der Waals surface area contributed by atoms with Crippen LogP contribution in [0.3, 0.4) is 0 Å². The third-order valence-electron chi connectivity index (χ3n) is 2.96. The van der Waals surface area contributed by atoms with E-state index in [1.54, 1.807) is 23.7 Å². The monoisotopic (exact) mass is 288 g/mol. The van der Waals surface area contributed by atoms with Gasteiger partial charge < -0.3 is 21.0 Å². The fourth-order valence-corrected chi connectivity index (χ4v) is 2.58. The van der Waals surface area contributed by atoms with Crippen LogP contribution in [0.4, 0.5) is 5.69 Å². The van der Waals surface area contributed by atoms with Crippen molar-refractivity contribution in [3.8, 4) is 0 Å². The first kappa shape index (κ1) is 12.5. The van der Waals surface area contributed by atoms with E-state index in [0.29, 0.717) is 16.9 Å². The van der Waals surface area contributed by atoms with E-state index in [9.17, 15) is 9.59 Å². The number of hydrogen-bond acceptors (Lipinski definition) is 4. The Hall–Kier alpha value is -2.54. The zero-order valence-electron chi connectivity index (χ0n) is 10.4. The second kappa shape index (κ2) is 4.86. The molecule has 0 aliphatic carbocycles. The molecule has 0 radical (unpaired) electrons. The highest BCUT2D eigenvalue weighted by molar-refractivity contribution is 7.07. The van der Waals surface area contributed by atoms with E-state index in [-0.39, 0.29) is 17.3 Å². The van der Waals surface area contributed by atoms with Gasteiger partial charge in [-0.25, -0.2) is 0 Å². The predicted molar refractivity (Wildman–Crippen MR) is 78.8 cm³/mol. The largest absolute Gasteiger partial charge is 0.399 e. The van der Waals surface area contributed by atoms with E-state index < -0.39 is 0 Å². The van der Waals surface area contributed by atoms with Gasteiger partial charge in [0, 0.05) is 33.9 Å². The smallest absolute Gasteiger partial charge is 0.304 e. The van der Waals surface area contributed by atoms with Crippen molar-refractivity contribution in [1.29, 1.82) is 0 Å². The lowest BCUT2D eigenvalue weighted by Gasteiger charge is -2.02. The van der Waals surface area contributed by atoms with Crippen LogP contribution in [0.5, 0.6) is 0 Å². The minimum atomic E-state index is -0.214. The van der Waals surface area contributed by atoms with Gasteiger partial charge >= 0.3 is 4.87 Å². The molecule has 5 N–H and O–H groups in total. The Morgan fingerprint density at radius 1 is 1.40 bits per heavy atom. The van der Waals surface area contributed by atoms with Crippen molar-refractivity contribution < 1.29 is 4.79 Å². The summed E-state index contributed by atoms with van der Waals surface area (Å²) >= 11 is 1.07. The van der Waals surface area contributed by atoms with Crippen LogP contribution in [-0.4, -0.2) is 15.9 Å². The van der Waals surface area contributed by atoms with Crippen molar-refractivity contribution in [3.05, 3.63) is 50.7 Å². The molecule has 0 spiro atoms. The lowest BCUT2D eigenvalue weighted by atomic mass is 10.1. The molecule has 0 aliphatic rings. The summed E-state index contributed by atoms with van der Waals surface area (Å²) in [7, 11) is 0.